The number of sulfone groups is 1. The lowest BCUT2D eigenvalue weighted by Gasteiger charge is -2.15. The van der Waals surface area contributed by atoms with Crippen molar-refractivity contribution in [2.45, 2.75) is 17.9 Å². The van der Waals surface area contributed by atoms with E-state index in [9.17, 15) is 13.2 Å². The van der Waals surface area contributed by atoms with Gasteiger partial charge in [-0.15, -0.1) is 0 Å². The average Bonchev–Trinajstić information content (AvgIpc) is 2.59. The van der Waals surface area contributed by atoms with E-state index in [1.807, 2.05) is 6.92 Å². The lowest BCUT2D eigenvalue weighted by Crippen LogP contribution is -2.31. The van der Waals surface area contributed by atoms with Crippen molar-refractivity contribution in [1.29, 1.82) is 0 Å². The van der Waals surface area contributed by atoms with Crippen LogP contribution in [0.1, 0.15) is 18.5 Å². The summed E-state index contributed by atoms with van der Waals surface area (Å²) in [4.78, 5) is 12.2. The predicted molar refractivity (Wildman–Crippen MR) is 94.6 cm³/mol. The molecule has 1 N–H and O–H groups in total. The summed E-state index contributed by atoms with van der Waals surface area (Å²) in [5.41, 5.74) is 0.810. The summed E-state index contributed by atoms with van der Waals surface area (Å²) < 4.78 is 33.4. The Balaban J connectivity index is 1.88. The summed E-state index contributed by atoms with van der Waals surface area (Å²) in [6, 6.07) is 13.1. The van der Waals surface area contributed by atoms with Gasteiger partial charge in [0.1, 0.15) is 11.5 Å². The molecule has 0 radical (unpaired) electrons. The van der Waals surface area contributed by atoms with Gasteiger partial charge in [-0.2, -0.15) is 0 Å². The maximum Gasteiger partial charge on any atom is 0.258 e. The van der Waals surface area contributed by atoms with Gasteiger partial charge in [-0.3, -0.25) is 4.79 Å². The number of hydrogen-bond donors (Lipinski definition) is 1. The van der Waals surface area contributed by atoms with E-state index >= 15 is 0 Å². The van der Waals surface area contributed by atoms with Crippen molar-refractivity contribution in [2.24, 2.45) is 0 Å². The number of carbonyl (C=O) groups excluding carboxylic acids is 1. The third kappa shape index (κ3) is 5.49. The zero-order valence-electron chi connectivity index (χ0n) is 14.4. The molecular formula is C18H21NO5S. The molecule has 2 rings (SSSR count). The van der Waals surface area contributed by atoms with Gasteiger partial charge in [0.15, 0.2) is 16.4 Å². The van der Waals surface area contributed by atoms with E-state index in [0.29, 0.717) is 11.5 Å². The summed E-state index contributed by atoms with van der Waals surface area (Å²) >= 11 is 0. The van der Waals surface area contributed by atoms with Crippen molar-refractivity contribution in [3.63, 3.8) is 0 Å². The highest BCUT2D eigenvalue weighted by atomic mass is 32.2. The van der Waals surface area contributed by atoms with Gasteiger partial charge in [0.25, 0.3) is 5.91 Å². The summed E-state index contributed by atoms with van der Waals surface area (Å²) in [6.07, 6.45) is 1.16. The second-order valence-corrected chi connectivity index (χ2v) is 7.61. The largest absolute Gasteiger partial charge is 0.497 e. The fourth-order valence-electron chi connectivity index (χ4n) is 2.19. The second kappa shape index (κ2) is 8.02. The summed E-state index contributed by atoms with van der Waals surface area (Å²) in [5, 5.41) is 2.81. The van der Waals surface area contributed by atoms with Crippen LogP contribution in [0, 0.1) is 0 Å². The summed E-state index contributed by atoms with van der Waals surface area (Å²) in [6.45, 7) is 1.71. The zero-order valence-corrected chi connectivity index (χ0v) is 15.2. The first kappa shape index (κ1) is 18.8. The molecule has 6 nitrogen and oxygen atoms in total. The first-order valence-electron chi connectivity index (χ1n) is 7.66. The van der Waals surface area contributed by atoms with Crippen LogP contribution in [0.5, 0.6) is 11.5 Å². The van der Waals surface area contributed by atoms with Crippen molar-refractivity contribution in [2.75, 3.05) is 20.0 Å². The predicted octanol–water partition coefficient (Wildman–Crippen LogP) is 2.35. The minimum absolute atomic E-state index is 0.113. The fourth-order valence-corrected chi connectivity index (χ4v) is 2.82. The molecule has 0 aliphatic rings. The van der Waals surface area contributed by atoms with Gasteiger partial charge in [-0.1, -0.05) is 12.1 Å². The third-order valence-corrected chi connectivity index (χ3v) is 4.74. The average molecular weight is 363 g/mol. The number of methoxy groups -OCH3 is 1. The van der Waals surface area contributed by atoms with Gasteiger partial charge >= 0.3 is 0 Å². The Morgan fingerprint density at radius 2 is 1.60 bits per heavy atom. The smallest absolute Gasteiger partial charge is 0.258 e. The maximum atomic E-state index is 12.0. The molecule has 2 aromatic rings. The van der Waals surface area contributed by atoms with Crippen LogP contribution < -0.4 is 14.8 Å². The molecule has 0 fully saturated rings. The zero-order chi connectivity index (χ0) is 18.4. The number of carbonyl (C=O) groups is 1. The second-order valence-electron chi connectivity index (χ2n) is 5.59. The van der Waals surface area contributed by atoms with Gasteiger partial charge in [0.05, 0.1) is 18.0 Å². The first-order chi connectivity index (χ1) is 11.8. The van der Waals surface area contributed by atoms with E-state index in [1.165, 1.54) is 12.1 Å². The maximum absolute atomic E-state index is 12.0. The molecule has 0 aliphatic carbocycles. The van der Waals surface area contributed by atoms with Gasteiger partial charge in [-0.05, 0) is 48.9 Å². The number of ether oxygens (including phenoxy) is 2. The molecule has 25 heavy (non-hydrogen) atoms. The topological polar surface area (TPSA) is 81.7 Å². The van der Waals surface area contributed by atoms with Crippen LogP contribution in [0.25, 0.3) is 0 Å². The molecule has 0 aliphatic heterocycles. The third-order valence-electron chi connectivity index (χ3n) is 3.62. The molecule has 134 valence electrons. The molecule has 0 saturated heterocycles. The number of hydrogen-bond acceptors (Lipinski definition) is 5. The van der Waals surface area contributed by atoms with Gasteiger partial charge in [0.2, 0.25) is 0 Å². The van der Waals surface area contributed by atoms with Crippen LogP contribution in [0.15, 0.2) is 53.4 Å². The Bertz CT molecular complexity index is 814. The molecule has 0 spiro atoms. The Labute approximate surface area is 147 Å². The Kier molecular flexibility index (Phi) is 6.03. The van der Waals surface area contributed by atoms with Gasteiger partial charge < -0.3 is 14.8 Å². The highest BCUT2D eigenvalue weighted by molar-refractivity contribution is 7.90. The van der Waals surface area contributed by atoms with Crippen molar-refractivity contribution in [3.8, 4) is 11.5 Å². The lowest BCUT2D eigenvalue weighted by atomic mass is 10.1. The Morgan fingerprint density at radius 1 is 1.04 bits per heavy atom. The number of benzene rings is 2. The molecule has 0 unspecified atom stereocenters. The van der Waals surface area contributed by atoms with Crippen LogP contribution in [0.2, 0.25) is 0 Å². The molecule has 0 bridgehead atoms. The van der Waals surface area contributed by atoms with Crippen LogP contribution >= 0.6 is 0 Å². The number of amides is 1. The number of nitrogens with one attached hydrogen (secondary N) is 1. The Hall–Kier alpha value is -2.54. The summed E-state index contributed by atoms with van der Waals surface area (Å²) in [5.74, 6) is 1.01. The molecule has 1 atom stereocenters. The first-order valence-corrected chi connectivity index (χ1v) is 9.55. The highest BCUT2D eigenvalue weighted by Crippen LogP contribution is 2.18. The molecule has 0 saturated carbocycles. The Morgan fingerprint density at radius 3 is 2.12 bits per heavy atom. The quantitative estimate of drug-likeness (QED) is 0.817. The molecule has 0 aromatic heterocycles. The van der Waals surface area contributed by atoms with Crippen molar-refractivity contribution in [3.05, 3.63) is 54.1 Å². The monoisotopic (exact) mass is 363 g/mol. The van der Waals surface area contributed by atoms with E-state index < -0.39 is 9.84 Å². The standard InChI is InChI=1S/C18H21NO5S/c1-13(14-4-10-17(11-5-14)25(3,21)22)19-18(20)12-24-16-8-6-15(23-2)7-9-16/h4-11,13H,12H2,1-3H3,(H,19,20)/t13-/m0/s1. The van der Waals surface area contributed by atoms with Crippen molar-refractivity contribution in [1.82, 2.24) is 5.32 Å². The molecular weight excluding hydrogens is 342 g/mol. The molecule has 2 aromatic carbocycles. The minimum Gasteiger partial charge on any atom is -0.497 e. The SMILES string of the molecule is COc1ccc(OCC(=O)N[C@@H](C)c2ccc(S(C)(=O)=O)cc2)cc1. The van der Waals surface area contributed by atoms with Gasteiger partial charge in [-0.25, -0.2) is 8.42 Å². The van der Waals surface area contributed by atoms with Crippen LogP contribution in [-0.4, -0.2) is 34.3 Å². The van der Waals surface area contributed by atoms with E-state index in [1.54, 1.807) is 43.5 Å². The van der Waals surface area contributed by atoms with Crippen molar-refractivity contribution < 1.29 is 22.7 Å². The van der Waals surface area contributed by atoms with E-state index in [4.69, 9.17) is 9.47 Å². The molecule has 0 heterocycles. The molecule has 7 heteroatoms. The van der Waals surface area contributed by atoms with E-state index in [0.717, 1.165) is 11.8 Å². The fraction of sp³-hybridized carbons (Fsp3) is 0.278. The summed E-state index contributed by atoms with van der Waals surface area (Å²) in [7, 11) is -1.65. The highest BCUT2D eigenvalue weighted by Gasteiger charge is 2.12. The van der Waals surface area contributed by atoms with Gasteiger partial charge in [0, 0.05) is 6.26 Å². The number of rotatable bonds is 7. The van der Waals surface area contributed by atoms with Crippen LogP contribution in [-0.2, 0) is 14.6 Å². The van der Waals surface area contributed by atoms with Crippen molar-refractivity contribution >= 4 is 15.7 Å². The lowest BCUT2D eigenvalue weighted by molar-refractivity contribution is -0.123. The van der Waals surface area contributed by atoms with E-state index in [-0.39, 0.29) is 23.5 Å². The van der Waals surface area contributed by atoms with Crippen LogP contribution in [0.3, 0.4) is 0 Å². The van der Waals surface area contributed by atoms with Crippen LogP contribution in [0.4, 0.5) is 0 Å². The minimum atomic E-state index is -3.23. The van der Waals surface area contributed by atoms with E-state index in [2.05, 4.69) is 5.32 Å². The molecule has 1 amide bonds. The normalized spacial score (nSPS) is 12.3.